The van der Waals surface area contributed by atoms with Crippen molar-refractivity contribution < 1.29 is 8.78 Å². The molecule has 4 rings (SSSR count). The molecule has 0 spiro atoms. The fourth-order valence-electron chi connectivity index (χ4n) is 2.62. The van der Waals surface area contributed by atoms with E-state index in [1.165, 1.54) is 18.9 Å². The highest BCUT2D eigenvalue weighted by molar-refractivity contribution is 5.94. The first-order chi connectivity index (χ1) is 12.1. The Morgan fingerprint density at radius 3 is 2.60 bits per heavy atom. The molecule has 7 nitrogen and oxygen atoms in total. The van der Waals surface area contributed by atoms with Gasteiger partial charge in [0.2, 0.25) is 0 Å². The van der Waals surface area contributed by atoms with Crippen molar-refractivity contribution in [2.24, 2.45) is 0 Å². The highest BCUT2D eigenvalue weighted by atomic mass is 19.1. The normalized spacial score (nSPS) is 11.1. The Balaban J connectivity index is 2.03. The quantitative estimate of drug-likeness (QED) is 0.483. The number of benzene rings is 1. The molecule has 1 aromatic carbocycles. The van der Waals surface area contributed by atoms with Gasteiger partial charge < -0.3 is 16.5 Å². The van der Waals surface area contributed by atoms with Crippen LogP contribution in [0.25, 0.3) is 33.7 Å². The molecule has 3 aromatic heterocycles. The smallest absolute Gasteiger partial charge is 0.172 e. The number of aromatic amines is 1. The number of hydrogen-bond acceptors (Lipinski definition) is 6. The molecule has 0 saturated heterocycles. The van der Waals surface area contributed by atoms with Gasteiger partial charge in [0.15, 0.2) is 11.5 Å². The predicted molar refractivity (Wildman–Crippen MR) is 89.1 cm³/mol. The number of imidazole rings is 1. The van der Waals surface area contributed by atoms with Crippen LogP contribution in [0.5, 0.6) is 0 Å². The number of nitrogens with zero attached hydrogens (tertiary/aromatic N) is 4. The van der Waals surface area contributed by atoms with Gasteiger partial charge in [0, 0.05) is 17.3 Å². The van der Waals surface area contributed by atoms with Crippen LogP contribution < -0.4 is 11.5 Å². The summed E-state index contributed by atoms with van der Waals surface area (Å²) in [5.74, 6) is -1.93. The van der Waals surface area contributed by atoms with Crippen LogP contribution in [-0.4, -0.2) is 24.9 Å². The third kappa shape index (κ3) is 2.24. The van der Waals surface area contributed by atoms with Crippen LogP contribution in [0, 0.1) is 11.6 Å². The van der Waals surface area contributed by atoms with Gasteiger partial charge in [0.25, 0.3) is 0 Å². The van der Waals surface area contributed by atoms with Crippen LogP contribution in [0.2, 0.25) is 0 Å². The summed E-state index contributed by atoms with van der Waals surface area (Å²) in [7, 11) is 0. The zero-order valence-corrected chi connectivity index (χ0v) is 12.7. The van der Waals surface area contributed by atoms with E-state index in [4.69, 9.17) is 11.5 Å². The summed E-state index contributed by atoms with van der Waals surface area (Å²) in [6.07, 6.45) is 4.34. The third-order valence-corrected chi connectivity index (χ3v) is 3.83. The third-order valence-electron chi connectivity index (χ3n) is 3.83. The molecule has 3 heterocycles. The minimum atomic E-state index is -1.01. The molecule has 124 valence electrons. The van der Waals surface area contributed by atoms with E-state index in [1.54, 1.807) is 12.1 Å². The van der Waals surface area contributed by atoms with Gasteiger partial charge >= 0.3 is 0 Å². The second-order valence-electron chi connectivity index (χ2n) is 5.27. The Hall–Kier alpha value is -3.62. The van der Waals surface area contributed by atoms with Crippen molar-refractivity contribution in [2.45, 2.75) is 0 Å². The van der Waals surface area contributed by atoms with Gasteiger partial charge in [-0.05, 0) is 18.2 Å². The maximum absolute atomic E-state index is 14.1. The van der Waals surface area contributed by atoms with E-state index in [1.807, 2.05) is 0 Å². The molecule has 0 saturated carbocycles. The number of nitrogen functional groups attached to an aromatic ring is 2. The van der Waals surface area contributed by atoms with Crippen molar-refractivity contribution in [3.63, 3.8) is 0 Å². The average molecular weight is 339 g/mol. The molecule has 4 aromatic rings. The maximum Gasteiger partial charge on any atom is 0.172 e. The van der Waals surface area contributed by atoms with E-state index in [2.05, 4.69) is 24.9 Å². The molecule has 0 unspecified atom stereocenters. The number of fused-ring (bicyclic) bond motifs is 1. The summed E-state index contributed by atoms with van der Waals surface area (Å²) in [5.41, 5.74) is 12.6. The lowest BCUT2D eigenvalue weighted by Crippen LogP contribution is -2.04. The van der Waals surface area contributed by atoms with E-state index in [9.17, 15) is 8.78 Å². The Morgan fingerprint density at radius 1 is 0.920 bits per heavy atom. The zero-order chi connectivity index (χ0) is 17.6. The molecule has 0 aliphatic carbocycles. The Morgan fingerprint density at radius 2 is 1.76 bits per heavy atom. The second-order valence-corrected chi connectivity index (χ2v) is 5.27. The number of pyridine rings is 1. The topological polar surface area (TPSA) is 119 Å². The minimum Gasteiger partial charge on any atom is -0.396 e. The second kappa shape index (κ2) is 5.48. The van der Waals surface area contributed by atoms with Crippen LogP contribution in [0.1, 0.15) is 0 Å². The van der Waals surface area contributed by atoms with E-state index in [0.717, 1.165) is 6.07 Å². The molecule has 9 heteroatoms. The lowest BCUT2D eigenvalue weighted by atomic mass is 10.0. The molecule has 0 amide bonds. The standard InChI is InChI=1S/C16H11F2N7/c17-9-4-8(11(19)10(18)12(9)20)13-7(2-1-3-21-13)14-15-16(24-5-22-14)25-6-23-15/h1-6H,19-20H2,(H,22,23,24,25). The average Bonchev–Trinajstić information content (AvgIpc) is 3.12. The molecule has 5 N–H and O–H groups in total. The monoisotopic (exact) mass is 339 g/mol. The van der Waals surface area contributed by atoms with Gasteiger partial charge in [-0.25, -0.2) is 23.7 Å². The maximum atomic E-state index is 14.1. The van der Waals surface area contributed by atoms with Crippen molar-refractivity contribution in [1.82, 2.24) is 24.9 Å². The first-order valence-corrected chi connectivity index (χ1v) is 7.20. The number of H-pyrrole nitrogens is 1. The number of rotatable bonds is 2. The van der Waals surface area contributed by atoms with E-state index < -0.39 is 17.3 Å². The highest BCUT2D eigenvalue weighted by Gasteiger charge is 2.20. The van der Waals surface area contributed by atoms with Crippen LogP contribution >= 0.6 is 0 Å². The van der Waals surface area contributed by atoms with E-state index in [0.29, 0.717) is 22.4 Å². The number of halogens is 2. The van der Waals surface area contributed by atoms with Crippen LogP contribution in [0.3, 0.4) is 0 Å². The SMILES string of the molecule is Nc1c(F)cc(-c2ncccc2-c2ncnc3[nH]cnc23)c(N)c1F. The largest absolute Gasteiger partial charge is 0.396 e. The van der Waals surface area contributed by atoms with E-state index in [-0.39, 0.29) is 16.9 Å². The first-order valence-electron chi connectivity index (χ1n) is 7.20. The Bertz CT molecular complexity index is 1110. The summed E-state index contributed by atoms with van der Waals surface area (Å²) >= 11 is 0. The number of nitrogens with one attached hydrogen (secondary N) is 1. The molecule has 0 atom stereocenters. The Labute approximate surface area is 139 Å². The van der Waals surface area contributed by atoms with Gasteiger partial charge in [-0.15, -0.1) is 0 Å². The zero-order valence-electron chi connectivity index (χ0n) is 12.7. The van der Waals surface area contributed by atoms with Crippen molar-refractivity contribution >= 4 is 22.5 Å². The molecular formula is C16H11F2N7. The fourth-order valence-corrected chi connectivity index (χ4v) is 2.62. The van der Waals surface area contributed by atoms with Crippen molar-refractivity contribution in [3.05, 3.63) is 48.7 Å². The van der Waals surface area contributed by atoms with Gasteiger partial charge in [-0.1, -0.05) is 0 Å². The van der Waals surface area contributed by atoms with Gasteiger partial charge in [0.05, 0.1) is 17.7 Å². The number of anilines is 2. The lowest BCUT2D eigenvalue weighted by Gasteiger charge is -2.12. The molecule has 0 bridgehead atoms. The molecule has 0 radical (unpaired) electrons. The molecular weight excluding hydrogens is 328 g/mol. The number of aromatic nitrogens is 5. The first kappa shape index (κ1) is 14.9. The van der Waals surface area contributed by atoms with Gasteiger partial charge in [-0.2, -0.15) is 0 Å². The summed E-state index contributed by atoms with van der Waals surface area (Å²) in [5, 5.41) is 0. The van der Waals surface area contributed by atoms with Gasteiger partial charge in [0.1, 0.15) is 29.0 Å². The number of nitrogens with two attached hydrogens (primary N) is 2. The summed E-state index contributed by atoms with van der Waals surface area (Å²) in [6, 6.07) is 4.45. The predicted octanol–water partition coefficient (Wildman–Crippen LogP) is 2.52. The number of hydrogen-bond donors (Lipinski definition) is 3. The molecule has 0 aliphatic heterocycles. The van der Waals surface area contributed by atoms with E-state index >= 15 is 0 Å². The van der Waals surface area contributed by atoms with Crippen molar-refractivity contribution in [1.29, 1.82) is 0 Å². The summed E-state index contributed by atoms with van der Waals surface area (Å²) < 4.78 is 28.1. The summed E-state index contributed by atoms with van der Waals surface area (Å²) in [4.78, 5) is 19.6. The van der Waals surface area contributed by atoms with Crippen LogP contribution in [-0.2, 0) is 0 Å². The van der Waals surface area contributed by atoms with Crippen molar-refractivity contribution in [3.8, 4) is 22.5 Å². The van der Waals surface area contributed by atoms with Crippen LogP contribution in [0.4, 0.5) is 20.2 Å². The summed E-state index contributed by atoms with van der Waals surface area (Å²) in [6.45, 7) is 0. The fraction of sp³-hybridized carbons (Fsp3) is 0. The molecule has 25 heavy (non-hydrogen) atoms. The molecule has 0 fully saturated rings. The minimum absolute atomic E-state index is 0.0853. The molecule has 0 aliphatic rings. The van der Waals surface area contributed by atoms with Gasteiger partial charge in [-0.3, -0.25) is 4.98 Å². The lowest BCUT2D eigenvalue weighted by molar-refractivity contribution is 0.595. The van der Waals surface area contributed by atoms with Crippen molar-refractivity contribution in [2.75, 3.05) is 11.5 Å². The Kier molecular flexibility index (Phi) is 3.27. The highest BCUT2D eigenvalue weighted by Crippen LogP contribution is 2.37. The van der Waals surface area contributed by atoms with Crippen LogP contribution in [0.15, 0.2) is 37.1 Å².